The zero-order chi connectivity index (χ0) is 19.3. The Hall–Kier alpha value is -2.12. The van der Waals surface area contributed by atoms with Crippen LogP contribution in [0.1, 0.15) is 32.1 Å². The van der Waals surface area contributed by atoms with Crippen molar-refractivity contribution >= 4 is 27.7 Å². The van der Waals surface area contributed by atoms with Gasteiger partial charge in [0.2, 0.25) is 5.78 Å². The summed E-state index contributed by atoms with van der Waals surface area (Å²) in [5.41, 5.74) is 2.66. The van der Waals surface area contributed by atoms with Crippen molar-refractivity contribution in [3.05, 3.63) is 51.3 Å². The van der Waals surface area contributed by atoms with Gasteiger partial charge in [-0.15, -0.1) is 0 Å². The second-order valence-corrected chi connectivity index (χ2v) is 6.63. The molecule has 26 heavy (non-hydrogen) atoms. The van der Waals surface area contributed by atoms with Crippen LogP contribution in [0.25, 0.3) is 0 Å². The van der Waals surface area contributed by atoms with Crippen LogP contribution in [0, 0.1) is 13.8 Å². The number of ketones is 1. The maximum atomic E-state index is 12.5. The first-order valence-electron chi connectivity index (χ1n) is 8.08. The Balaban J connectivity index is 2.08. The molecule has 140 valence electrons. The Morgan fingerprint density at radius 2 is 1.85 bits per heavy atom. The highest BCUT2D eigenvalue weighted by atomic mass is 79.9. The van der Waals surface area contributed by atoms with Crippen molar-refractivity contribution in [2.75, 3.05) is 27.4 Å². The van der Waals surface area contributed by atoms with E-state index in [9.17, 15) is 9.59 Å². The number of benzene rings is 1. The third-order valence-corrected chi connectivity index (χ3v) is 4.81. The van der Waals surface area contributed by atoms with E-state index >= 15 is 0 Å². The van der Waals surface area contributed by atoms with E-state index in [1.54, 1.807) is 25.3 Å². The Morgan fingerprint density at radius 1 is 1.12 bits per heavy atom. The summed E-state index contributed by atoms with van der Waals surface area (Å²) < 4.78 is 18.0. The van der Waals surface area contributed by atoms with E-state index in [-0.39, 0.29) is 12.4 Å². The van der Waals surface area contributed by atoms with Crippen LogP contribution in [0.5, 0.6) is 5.75 Å². The fraction of sp³-hybridized carbons (Fsp3) is 0.368. The molecule has 0 amide bonds. The average molecular weight is 424 g/mol. The van der Waals surface area contributed by atoms with Crippen LogP contribution in [-0.4, -0.2) is 43.8 Å². The fourth-order valence-corrected chi connectivity index (χ4v) is 3.09. The van der Waals surface area contributed by atoms with Gasteiger partial charge in [-0.3, -0.25) is 4.79 Å². The highest BCUT2D eigenvalue weighted by molar-refractivity contribution is 9.10. The van der Waals surface area contributed by atoms with Crippen LogP contribution < -0.4 is 4.74 Å². The number of hydrogen-bond acceptors (Lipinski definition) is 5. The van der Waals surface area contributed by atoms with Crippen LogP contribution in [0.3, 0.4) is 0 Å². The average Bonchev–Trinajstić information content (AvgIpc) is 2.92. The van der Waals surface area contributed by atoms with Gasteiger partial charge in [-0.05, 0) is 54.0 Å². The molecule has 0 radical (unpaired) electrons. The molecule has 0 aliphatic carbocycles. The number of ether oxygens (including phenoxy) is 3. The number of hydrogen-bond donors (Lipinski definition) is 0. The predicted octanol–water partition coefficient (Wildman–Crippen LogP) is 3.56. The molecule has 0 saturated carbocycles. The van der Waals surface area contributed by atoms with Crippen LogP contribution in [0.2, 0.25) is 0 Å². The molecule has 1 heterocycles. The van der Waals surface area contributed by atoms with E-state index in [0.29, 0.717) is 34.5 Å². The molecular weight excluding hydrogens is 402 g/mol. The number of nitrogens with zero attached hydrogens (tertiary/aromatic N) is 1. The topological polar surface area (TPSA) is 66.8 Å². The number of esters is 1. The Morgan fingerprint density at radius 3 is 2.50 bits per heavy atom. The van der Waals surface area contributed by atoms with Crippen LogP contribution in [-0.2, 0) is 16.0 Å². The SMILES string of the molecule is COCCn1c(C)cc(C(=O)COC(=O)c2cc(OC)ccc2Br)c1C. The van der Waals surface area contributed by atoms with E-state index in [4.69, 9.17) is 14.2 Å². The molecule has 1 aromatic heterocycles. The van der Waals surface area contributed by atoms with Gasteiger partial charge < -0.3 is 18.8 Å². The molecule has 0 fully saturated rings. The van der Waals surface area contributed by atoms with Gasteiger partial charge in [0.25, 0.3) is 0 Å². The molecule has 0 unspecified atom stereocenters. The molecule has 0 atom stereocenters. The van der Waals surface area contributed by atoms with Gasteiger partial charge in [0.1, 0.15) is 5.75 Å². The Kier molecular flexibility index (Phi) is 6.99. The van der Waals surface area contributed by atoms with Crippen molar-refractivity contribution in [1.29, 1.82) is 0 Å². The van der Waals surface area contributed by atoms with Gasteiger partial charge in [0, 0.05) is 35.1 Å². The number of rotatable bonds is 8. The van der Waals surface area contributed by atoms with E-state index < -0.39 is 5.97 Å². The number of carbonyl (C=O) groups excluding carboxylic acids is 2. The lowest BCUT2D eigenvalue weighted by molar-refractivity contribution is 0.0473. The number of carbonyl (C=O) groups is 2. The van der Waals surface area contributed by atoms with E-state index in [0.717, 1.165) is 11.4 Å². The minimum Gasteiger partial charge on any atom is -0.497 e. The van der Waals surface area contributed by atoms with Crippen LogP contribution in [0.4, 0.5) is 0 Å². The summed E-state index contributed by atoms with van der Waals surface area (Å²) in [5.74, 6) is -0.292. The van der Waals surface area contributed by atoms with E-state index in [1.165, 1.54) is 7.11 Å². The minimum atomic E-state index is -0.586. The van der Waals surface area contributed by atoms with Gasteiger partial charge >= 0.3 is 5.97 Å². The lowest BCUT2D eigenvalue weighted by atomic mass is 10.1. The van der Waals surface area contributed by atoms with Gasteiger partial charge in [-0.25, -0.2) is 4.79 Å². The number of methoxy groups -OCH3 is 2. The third kappa shape index (κ3) is 4.53. The van der Waals surface area contributed by atoms with Gasteiger partial charge in [-0.2, -0.15) is 0 Å². The first-order valence-corrected chi connectivity index (χ1v) is 8.87. The molecule has 7 heteroatoms. The summed E-state index contributed by atoms with van der Waals surface area (Å²) in [6, 6.07) is 6.79. The first-order chi connectivity index (χ1) is 12.4. The maximum absolute atomic E-state index is 12.5. The molecule has 0 aliphatic heterocycles. The monoisotopic (exact) mass is 423 g/mol. The van der Waals surface area contributed by atoms with Crippen molar-refractivity contribution in [2.24, 2.45) is 0 Å². The van der Waals surface area contributed by atoms with Crippen molar-refractivity contribution < 1.29 is 23.8 Å². The largest absolute Gasteiger partial charge is 0.497 e. The highest BCUT2D eigenvalue weighted by Gasteiger charge is 2.19. The standard InChI is InChI=1S/C19H22BrNO5/c1-12-9-15(13(2)21(12)7-8-24-3)18(22)11-26-19(23)16-10-14(25-4)5-6-17(16)20/h5-6,9-10H,7-8,11H2,1-4H3. The lowest BCUT2D eigenvalue weighted by Crippen LogP contribution is -2.16. The zero-order valence-electron chi connectivity index (χ0n) is 15.3. The van der Waals surface area contributed by atoms with Crippen LogP contribution in [0.15, 0.2) is 28.7 Å². The van der Waals surface area contributed by atoms with Crippen molar-refractivity contribution in [2.45, 2.75) is 20.4 Å². The first kappa shape index (κ1) is 20.2. The highest BCUT2D eigenvalue weighted by Crippen LogP contribution is 2.23. The molecule has 0 N–H and O–H groups in total. The summed E-state index contributed by atoms with van der Waals surface area (Å²) in [6.07, 6.45) is 0. The summed E-state index contributed by atoms with van der Waals surface area (Å²) >= 11 is 3.30. The molecule has 6 nitrogen and oxygen atoms in total. The van der Waals surface area contributed by atoms with Gasteiger partial charge in [-0.1, -0.05) is 0 Å². The van der Waals surface area contributed by atoms with E-state index in [1.807, 2.05) is 24.5 Å². The Bertz CT molecular complexity index is 813. The quantitative estimate of drug-likeness (QED) is 0.479. The predicted molar refractivity (Wildman–Crippen MR) is 101 cm³/mol. The van der Waals surface area contributed by atoms with Crippen molar-refractivity contribution in [3.8, 4) is 5.75 Å². The zero-order valence-corrected chi connectivity index (χ0v) is 16.9. The van der Waals surface area contributed by atoms with Gasteiger partial charge in [0.05, 0.1) is 19.3 Å². The second kappa shape index (κ2) is 9.00. The molecule has 0 bridgehead atoms. The fourth-order valence-electron chi connectivity index (χ4n) is 2.68. The number of Topliss-reactive ketones (excluding diaryl/α,β-unsaturated/α-hetero) is 1. The lowest BCUT2D eigenvalue weighted by Gasteiger charge is -2.09. The molecule has 2 aromatic rings. The normalized spacial score (nSPS) is 10.7. The minimum absolute atomic E-state index is 0.242. The smallest absolute Gasteiger partial charge is 0.339 e. The van der Waals surface area contributed by atoms with E-state index in [2.05, 4.69) is 15.9 Å². The summed E-state index contributed by atoms with van der Waals surface area (Å²) in [4.78, 5) is 24.8. The van der Waals surface area contributed by atoms with Crippen molar-refractivity contribution in [3.63, 3.8) is 0 Å². The maximum Gasteiger partial charge on any atom is 0.339 e. The molecule has 0 aliphatic rings. The third-order valence-electron chi connectivity index (χ3n) is 4.12. The Labute approximate surface area is 161 Å². The second-order valence-electron chi connectivity index (χ2n) is 5.77. The number of halogens is 1. The molecular formula is C19H22BrNO5. The summed E-state index contributed by atoms with van der Waals surface area (Å²) in [6.45, 7) is 4.70. The summed E-state index contributed by atoms with van der Waals surface area (Å²) in [5, 5.41) is 0. The molecule has 2 rings (SSSR count). The molecule has 1 aromatic carbocycles. The van der Waals surface area contributed by atoms with Crippen molar-refractivity contribution in [1.82, 2.24) is 4.57 Å². The van der Waals surface area contributed by atoms with Crippen LogP contribution >= 0.6 is 15.9 Å². The molecule has 0 spiro atoms. The number of aryl methyl sites for hydroxylation is 1. The summed E-state index contributed by atoms with van der Waals surface area (Å²) in [7, 11) is 3.15. The number of aromatic nitrogens is 1. The van der Waals surface area contributed by atoms with Gasteiger partial charge in [0.15, 0.2) is 6.61 Å². The molecule has 0 saturated heterocycles.